The SMILES string of the molecule is O=C(O)CC1COCCN1C(=O)c1cc2cc([N+](=O)[O-])ccc2s1. The van der Waals surface area contributed by atoms with Crippen molar-refractivity contribution in [2.24, 2.45) is 0 Å². The molecule has 24 heavy (non-hydrogen) atoms. The molecule has 1 atom stereocenters. The van der Waals surface area contributed by atoms with Crippen LogP contribution in [0.15, 0.2) is 24.3 Å². The van der Waals surface area contributed by atoms with Crippen LogP contribution in [0.1, 0.15) is 16.1 Å². The lowest BCUT2D eigenvalue weighted by Crippen LogP contribution is -2.49. The van der Waals surface area contributed by atoms with Crippen LogP contribution in [0.4, 0.5) is 5.69 Å². The molecule has 0 radical (unpaired) electrons. The second-order valence-electron chi connectivity index (χ2n) is 5.42. The topological polar surface area (TPSA) is 110 Å². The number of hydrogen-bond acceptors (Lipinski definition) is 6. The number of amides is 1. The number of carboxylic acid groups (broad SMARTS) is 1. The summed E-state index contributed by atoms with van der Waals surface area (Å²) in [5.41, 5.74) is -0.0329. The number of rotatable bonds is 4. The third kappa shape index (κ3) is 3.22. The van der Waals surface area contributed by atoms with Gasteiger partial charge in [-0.3, -0.25) is 19.7 Å². The molecule has 126 valence electrons. The van der Waals surface area contributed by atoms with Crippen molar-refractivity contribution in [1.82, 2.24) is 4.90 Å². The number of carbonyl (C=O) groups is 2. The quantitative estimate of drug-likeness (QED) is 0.668. The summed E-state index contributed by atoms with van der Waals surface area (Å²) in [7, 11) is 0. The minimum absolute atomic E-state index is 0.0329. The summed E-state index contributed by atoms with van der Waals surface area (Å²) in [5.74, 6) is -1.26. The first-order chi connectivity index (χ1) is 11.5. The third-order valence-electron chi connectivity index (χ3n) is 3.82. The molecule has 0 spiro atoms. The van der Waals surface area contributed by atoms with E-state index in [2.05, 4.69) is 0 Å². The molecule has 0 aliphatic carbocycles. The van der Waals surface area contributed by atoms with Gasteiger partial charge in [0.15, 0.2) is 0 Å². The first kappa shape index (κ1) is 16.3. The van der Waals surface area contributed by atoms with Gasteiger partial charge in [0.2, 0.25) is 0 Å². The molecule has 1 unspecified atom stereocenters. The smallest absolute Gasteiger partial charge is 0.305 e. The lowest BCUT2D eigenvalue weighted by molar-refractivity contribution is -0.384. The Hall–Kier alpha value is -2.52. The molecule has 1 amide bonds. The molecular weight excluding hydrogens is 336 g/mol. The van der Waals surface area contributed by atoms with E-state index in [1.54, 1.807) is 12.1 Å². The number of carboxylic acids is 1. The predicted molar refractivity (Wildman–Crippen MR) is 86.4 cm³/mol. The van der Waals surface area contributed by atoms with Gasteiger partial charge in [0.25, 0.3) is 11.6 Å². The van der Waals surface area contributed by atoms with Crippen molar-refractivity contribution in [3.05, 3.63) is 39.3 Å². The van der Waals surface area contributed by atoms with Crippen LogP contribution < -0.4 is 0 Å². The molecular formula is C15H14N2O6S. The Morgan fingerprint density at radius 2 is 2.21 bits per heavy atom. The highest BCUT2D eigenvalue weighted by Crippen LogP contribution is 2.30. The molecule has 1 aromatic heterocycles. The first-order valence-electron chi connectivity index (χ1n) is 7.24. The zero-order valence-electron chi connectivity index (χ0n) is 12.5. The van der Waals surface area contributed by atoms with E-state index in [-0.39, 0.29) is 24.6 Å². The van der Waals surface area contributed by atoms with Gasteiger partial charge in [-0.2, -0.15) is 0 Å². The molecule has 1 aliphatic rings. The molecule has 1 saturated heterocycles. The van der Waals surface area contributed by atoms with E-state index in [4.69, 9.17) is 9.84 Å². The Morgan fingerprint density at radius 1 is 1.42 bits per heavy atom. The van der Waals surface area contributed by atoms with E-state index < -0.39 is 16.9 Å². The summed E-state index contributed by atoms with van der Waals surface area (Å²) in [6, 6.07) is 5.54. The molecule has 8 nitrogen and oxygen atoms in total. The van der Waals surface area contributed by atoms with Crippen LogP contribution in [-0.4, -0.2) is 52.6 Å². The monoisotopic (exact) mass is 350 g/mol. The van der Waals surface area contributed by atoms with Gasteiger partial charge >= 0.3 is 5.97 Å². The minimum atomic E-state index is -0.990. The Balaban J connectivity index is 1.89. The first-order valence-corrected chi connectivity index (χ1v) is 8.06. The molecule has 2 heterocycles. The molecule has 1 aliphatic heterocycles. The van der Waals surface area contributed by atoms with Gasteiger partial charge in [-0.05, 0) is 12.1 Å². The third-order valence-corrected chi connectivity index (χ3v) is 4.92. The fraction of sp³-hybridized carbons (Fsp3) is 0.333. The Bertz CT molecular complexity index is 817. The fourth-order valence-corrected chi connectivity index (χ4v) is 3.68. The van der Waals surface area contributed by atoms with E-state index in [0.29, 0.717) is 23.4 Å². The van der Waals surface area contributed by atoms with E-state index >= 15 is 0 Å². The lowest BCUT2D eigenvalue weighted by atomic mass is 10.1. The van der Waals surface area contributed by atoms with E-state index in [1.807, 2.05) is 0 Å². The number of non-ortho nitro benzene ring substituents is 1. The minimum Gasteiger partial charge on any atom is -0.481 e. The number of carbonyl (C=O) groups excluding carboxylic acids is 1. The second kappa shape index (κ2) is 6.54. The van der Waals surface area contributed by atoms with Crippen LogP contribution in [-0.2, 0) is 9.53 Å². The van der Waals surface area contributed by atoms with E-state index in [0.717, 1.165) is 4.70 Å². The van der Waals surface area contributed by atoms with Crippen LogP contribution in [0.25, 0.3) is 10.1 Å². The Morgan fingerprint density at radius 3 is 2.92 bits per heavy atom. The largest absolute Gasteiger partial charge is 0.481 e. The van der Waals surface area contributed by atoms with Gasteiger partial charge in [-0.15, -0.1) is 11.3 Å². The second-order valence-corrected chi connectivity index (χ2v) is 6.50. The fourth-order valence-electron chi connectivity index (χ4n) is 2.68. The van der Waals surface area contributed by atoms with Crippen LogP contribution in [0.2, 0.25) is 0 Å². The Kier molecular flexibility index (Phi) is 4.45. The summed E-state index contributed by atoms with van der Waals surface area (Å²) in [5, 5.41) is 20.4. The predicted octanol–water partition coefficient (Wildman–Crippen LogP) is 2.13. The molecule has 1 fully saturated rings. The number of nitro groups is 1. The molecule has 0 bridgehead atoms. The Labute approximate surface area is 140 Å². The molecule has 1 N–H and O–H groups in total. The summed E-state index contributed by atoms with van der Waals surface area (Å²) < 4.78 is 6.04. The van der Waals surface area contributed by atoms with Crippen LogP contribution >= 0.6 is 11.3 Å². The summed E-state index contributed by atoms with van der Waals surface area (Å²) in [6.45, 7) is 0.873. The van der Waals surface area contributed by atoms with Gasteiger partial charge in [0.05, 0.1) is 35.5 Å². The van der Waals surface area contributed by atoms with Crippen molar-refractivity contribution >= 4 is 39.0 Å². The zero-order valence-corrected chi connectivity index (χ0v) is 13.3. The number of ether oxygens (including phenoxy) is 1. The van der Waals surface area contributed by atoms with Crippen molar-refractivity contribution in [1.29, 1.82) is 0 Å². The summed E-state index contributed by atoms with van der Waals surface area (Å²) in [6.07, 6.45) is -0.178. The number of thiophene rings is 1. The molecule has 9 heteroatoms. The van der Waals surface area contributed by atoms with Crippen LogP contribution in [0.5, 0.6) is 0 Å². The number of morpholine rings is 1. The average molecular weight is 350 g/mol. The highest BCUT2D eigenvalue weighted by atomic mass is 32.1. The average Bonchev–Trinajstić information content (AvgIpc) is 2.97. The van der Waals surface area contributed by atoms with Crippen molar-refractivity contribution in [2.75, 3.05) is 19.8 Å². The number of fused-ring (bicyclic) bond motifs is 1. The normalized spacial score (nSPS) is 17.8. The maximum Gasteiger partial charge on any atom is 0.305 e. The van der Waals surface area contributed by atoms with Crippen LogP contribution in [0, 0.1) is 10.1 Å². The zero-order chi connectivity index (χ0) is 17.3. The molecule has 3 rings (SSSR count). The highest BCUT2D eigenvalue weighted by molar-refractivity contribution is 7.20. The summed E-state index contributed by atoms with van der Waals surface area (Å²) in [4.78, 5) is 36.0. The molecule has 2 aromatic rings. The van der Waals surface area contributed by atoms with Crippen molar-refractivity contribution in [3.63, 3.8) is 0 Å². The van der Waals surface area contributed by atoms with Gasteiger partial charge in [-0.25, -0.2) is 0 Å². The van der Waals surface area contributed by atoms with Crippen molar-refractivity contribution in [2.45, 2.75) is 12.5 Å². The van der Waals surface area contributed by atoms with E-state index in [9.17, 15) is 19.7 Å². The number of nitro benzene ring substituents is 1. The standard InChI is InChI=1S/C15H14N2O6S/c18-14(19)7-11-8-23-4-3-16(11)15(20)13-6-9-5-10(17(21)22)1-2-12(9)24-13/h1-2,5-6,11H,3-4,7-8H2,(H,18,19). The maximum atomic E-state index is 12.7. The van der Waals surface area contributed by atoms with Crippen LogP contribution in [0.3, 0.4) is 0 Å². The van der Waals surface area contributed by atoms with Gasteiger partial charge in [0, 0.05) is 28.8 Å². The number of aliphatic carboxylic acids is 1. The number of benzene rings is 1. The van der Waals surface area contributed by atoms with Gasteiger partial charge in [-0.1, -0.05) is 0 Å². The van der Waals surface area contributed by atoms with E-state index in [1.165, 1.54) is 28.4 Å². The number of hydrogen-bond donors (Lipinski definition) is 1. The molecule has 0 saturated carbocycles. The molecule has 1 aromatic carbocycles. The van der Waals surface area contributed by atoms with Gasteiger partial charge < -0.3 is 14.7 Å². The summed E-state index contributed by atoms with van der Waals surface area (Å²) >= 11 is 1.24. The maximum absolute atomic E-state index is 12.7. The van der Waals surface area contributed by atoms with Crippen molar-refractivity contribution in [3.8, 4) is 0 Å². The van der Waals surface area contributed by atoms with Gasteiger partial charge in [0.1, 0.15) is 0 Å². The lowest BCUT2D eigenvalue weighted by Gasteiger charge is -2.34. The highest BCUT2D eigenvalue weighted by Gasteiger charge is 2.30. The number of nitrogens with zero attached hydrogens (tertiary/aromatic N) is 2. The van der Waals surface area contributed by atoms with Crippen molar-refractivity contribution < 1.29 is 24.4 Å².